The van der Waals surface area contributed by atoms with Gasteiger partial charge in [0, 0.05) is 21.6 Å². The zero-order chi connectivity index (χ0) is 24.3. The molecule has 2 aromatic carbocycles. The molecule has 7 heteroatoms. The lowest BCUT2D eigenvalue weighted by Crippen LogP contribution is -2.47. The van der Waals surface area contributed by atoms with Gasteiger partial charge in [-0.15, -0.1) is 0 Å². The summed E-state index contributed by atoms with van der Waals surface area (Å²) in [7, 11) is -2.81. The first-order chi connectivity index (χ1) is 15.7. The van der Waals surface area contributed by atoms with E-state index < -0.39 is 15.1 Å². The molecule has 2 rings (SSSR count). The smallest absolute Gasteiger partial charge is 0.420 e. The Hall–Kier alpha value is -2.77. The molecular weight excluding hydrogens is 432 g/mol. The molecule has 0 aliphatic heterocycles. The Morgan fingerprint density at radius 2 is 1.61 bits per heavy atom. The average molecular weight is 469 g/mol. The Labute approximate surface area is 198 Å². The van der Waals surface area contributed by atoms with E-state index in [0.29, 0.717) is 17.9 Å². The van der Waals surface area contributed by atoms with Gasteiger partial charge in [-0.05, 0) is 25.3 Å². The SMILES string of the molecule is C/C(=C/CO[Si](O/N=C(\C[N+](=O)[O-])c1ccccc1)(C(C)C)C(C)C)CCc1ccccc1. The van der Waals surface area contributed by atoms with Crippen LogP contribution in [0, 0.1) is 10.1 Å². The van der Waals surface area contributed by atoms with Crippen molar-refractivity contribution in [2.24, 2.45) is 5.16 Å². The van der Waals surface area contributed by atoms with E-state index in [4.69, 9.17) is 8.95 Å². The van der Waals surface area contributed by atoms with Crippen LogP contribution in [0.1, 0.15) is 52.2 Å². The second-order valence-corrected chi connectivity index (χ2v) is 13.1. The van der Waals surface area contributed by atoms with Crippen LogP contribution in [0.25, 0.3) is 0 Å². The van der Waals surface area contributed by atoms with Gasteiger partial charge in [0.2, 0.25) is 6.54 Å². The third-order valence-electron chi connectivity index (χ3n) is 5.69. The van der Waals surface area contributed by atoms with Crippen molar-refractivity contribution in [3.8, 4) is 0 Å². The largest absolute Gasteiger partial charge is 0.432 e. The van der Waals surface area contributed by atoms with E-state index in [-0.39, 0.29) is 16.0 Å². The maximum absolute atomic E-state index is 11.2. The first kappa shape index (κ1) is 26.5. The summed E-state index contributed by atoms with van der Waals surface area (Å²) in [6.07, 6.45) is 4.06. The number of nitro groups is 1. The van der Waals surface area contributed by atoms with Crippen LogP contribution in [0.2, 0.25) is 11.1 Å². The summed E-state index contributed by atoms with van der Waals surface area (Å²) in [5.41, 5.74) is 3.80. The van der Waals surface area contributed by atoms with E-state index in [9.17, 15) is 10.1 Å². The van der Waals surface area contributed by atoms with Crippen LogP contribution in [-0.4, -0.2) is 32.3 Å². The fraction of sp³-hybridized carbons (Fsp3) is 0.423. The third-order valence-corrected chi connectivity index (χ3v) is 9.90. The number of aryl methyl sites for hydroxylation is 1. The van der Waals surface area contributed by atoms with Gasteiger partial charge < -0.3 is 8.95 Å². The number of rotatable bonds is 13. The molecule has 0 aromatic heterocycles. The molecular formula is C26H36N2O4Si. The molecule has 0 heterocycles. The second-order valence-electron chi connectivity index (χ2n) is 8.86. The summed E-state index contributed by atoms with van der Waals surface area (Å²) in [5.74, 6) is 0. The van der Waals surface area contributed by atoms with Gasteiger partial charge in [-0.3, -0.25) is 10.1 Å². The summed E-state index contributed by atoms with van der Waals surface area (Å²) in [6.45, 7) is 10.4. The third kappa shape index (κ3) is 8.26. The molecule has 6 nitrogen and oxygen atoms in total. The molecule has 0 N–H and O–H groups in total. The van der Waals surface area contributed by atoms with Crippen LogP contribution < -0.4 is 0 Å². The highest BCUT2D eigenvalue weighted by molar-refractivity contribution is 6.70. The van der Waals surface area contributed by atoms with Gasteiger partial charge in [0.25, 0.3) is 0 Å². The molecule has 0 aliphatic carbocycles. The van der Waals surface area contributed by atoms with Gasteiger partial charge in [-0.2, -0.15) is 0 Å². The molecule has 0 amide bonds. The van der Waals surface area contributed by atoms with Crippen LogP contribution in [0.15, 0.2) is 77.5 Å². The lowest BCUT2D eigenvalue weighted by molar-refractivity contribution is -0.463. The van der Waals surface area contributed by atoms with Crippen LogP contribution >= 0.6 is 0 Å². The van der Waals surface area contributed by atoms with Crippen LogP contribution in [0.4, 0.5) is 0 Å². The van der Waals surface area contributed by atoms with Crippen molar-refractivity contribution in [3.63, 3.8) is 0 Å². The standard InChI is InChI=1S/C26H36N2O4Si/c1-21(2)33(22(3)4,31-19-18-23(5)16-17-24-12-8-6-9-13-24)32-27-26(20-28(29)30)25-14-10-7-11-15-25/h6-15,18,21-22H,16-17,19-20H2,1-5H3/b23-18-,27-26+. The van der Waals surface area contributed by atoms with Gasteiger partial charge >= 0.3 is 8.56 Å². The first-order valence-corrected chi connectivity index (χ1v) is 13.5. The summed E-state index contributed by atoms with van der Waals surface area (Å²) >= 11 is 0. The molecule has 0 atom stereocenters. The number of hydrogen-bond donors (Lipinski definition) is 0. The fourth-order valence-electron chi connectivity index (χ4n) is 3.69. The van der Waals surface area contributed by atoms with Crippen molar-refractivity contribution in [2.45, 2.75) is 58.5 Å². The summed E-state index contributed by atoms with van der Waals surface area (Å²) in [6, 6.07) is 19.6. The van der Waals surface area contributed by atoms with Crippen molar-refractivity contribution in [3.05, 3.63) is 93.6 Å². The number of hydrogen-bond acceptors (Lipinski definition) is 5. The molecule has 33 heavy (non-hydrogen) atoms. The molecule has 178 valence electrons. The minimum absolute atomic E-state index is 0.118. The number of benzene rings is 2. The van der Waals surface area contributed by atoms with Gasteiger partial charge in [-0.25, -0.2) is 0 Å². The molecule has 0 fully saturated rings. The Bertz CT molecular complexity index is 920. The topological polar surface area (TPSA) is 74.0 Å². The van der Waals surface area contributed by atoms with Gasteiger partial charge in [-0.1, -0.05) is 105 Å². The highest BCUT2D eigenvalue weighted by Gasteiger charge is 2.48. The number of allylic oxidation sites excluding steroid dienone is 1. The van der Waals surface area contributed by atoms with Crippen LogP contribution in [-0.2, 0) is 15.4 Å². The Morgan fingerprint density at radius 1 is 1.03 bits per heavy atom. The highest BCUT2D eigenvalue weighted by Crippen LogP contribution is 2.35. The minimum atomic E-state index is -2.81. The maximum Gasteiger partial charge on any atom is 0.432 e. The van der Waals surface area contributed by atoms with E-state index in [2.05, 4.69) is 70.1 Å². The zero-order valence-electron chi connectivity index (χ0n) is 20.4. The molecule has 0 saturated heterocycles. The van der Waals surface area contributed by atoms with E-state index in [1.165, 1.54) is 11.1 Å². The predicted octanol–water partition coefficient (Wildman–Crippen LogP) is 6.54. The summed E-state index contributed by atoms with van der Waals surface area (Å²) in [4.78, 5) is 10.8. The van der Waals surface area contributed by atoms with E-state index >= 15 is 0 Å². The van der Waals surface area contributed by atoms with E-state index in [1.807, 2.05) is 24.3 Å². The maximum atomic E-state index is 11.2. The van der Waals surface area contributed by atoms with Crippen LogP contribution in [0.3, 0.4) is 0 Å². The van der Waals surface area contributed by atoms with Crippen molar-refractivity contribution in [1.29, 1.82) is 0 Å². The van der Waals surface area contributed by atoms with E-state index in [1.54, 1.807) is 12.1 Å². The van der Waals surface area contributed by atoms with E-state index in [0.717, 1.165) is 12.8 Å². The van der Waals surface area contributed by atoms with Crippen molar-refractivity contribution in [1.82, 2.24) is 0 Å². The van der Waals surface area contributed by atoms with Crippen molar-refractivity contribution < 1.29 is 13.9 Å². The number of nitrogens with zero attached hydrogens (tertiary/aromatic N) is 2. The molecule has 0 spiro atoms. The average Bonchev–Trinajstić information content (AvgIpc) is 2.79. The lowest BCUT2D eigenvalue weighted by Gasteiger charge is -2.34. The molecule has 2 aromatic rings. The van der Waals surface area contributed by atoms with Gasteiger partial charge in [0.15, 0.2) is 5.71 Å². The Balaban J connectivity index is 2.14. The molecule has 0 radical (unpaired) electrons. The minimum Gasteiger partial charge on any atom is -0.420 e. The predicted molar refractivity (Wildman–Crippen MR) is 136 cm³/mol. The first-order valence-electron chi connectivity index (χ1n) is 11.5. The second kappa shape index (κ2) is 13.1. The normalized spacial score (nSPS) is 12.9. The highest BCUT2D eigenvalue weighted by atomic mass is 28.4. The molecule has 0 unspecified atom stereocenters. The Kier molecular flexibility index (Phi) is 10.5. The molecule has 0 saturated carbocycles. The molecule has 0 aliphatic rings. The monoisotopic (exact) mass is 468 g/mol. The van der Waals surface area contributed by atoms with Crippen LogP contribution in [0.5, 0.6) is 0 Å². The zero-order valence-corrected chi connectivity index (χ0v) is 21.4. The van der Waals surface area contributed by atoms with Crippen molar-refractivity contribution in [2.75, 3.05) is 13.2 Å². The summed E-state index contributed by atoms with van der Waals surface area (Å²) < 4.78 is 12.6. The Morgan fingerprint density at radius 3 is 2.15 bits per heavy atom. The molecule has 0 bridgehead atoms. The van der Waals surface area contributed by atoms with Gasteiger partial charge in [0.05, 0.1) is 6.61 Å². The summed E-state index contributed by atoms with van der Waals surface area (Å²) in [5, 5.41) is 15.5. The lowest BCUT2D eigenvalue weighted by atomic mass is 10.1. The van der Waals surface area contributed by atoms with Crippen molar-refractivity contribution >= 4 is 14.3 Å². The quantitative estimate of drug-likeness (QED) is 0.110. The fourth-order valence-corrected chi connectivity index (χ4v) is 6.76. The number of oxime groups is 1. The van der Waals surface area contributed by atoms with Gasteiger partial charge in [0.1, 0.15) is 0 Å².